The van der Waals surface area contributed by atoms with Gasteiger partial charge in [0.15, 0.2) is 0 Å². The van der Waals surface area contributed by atoms with Crippen LogP contribution in [0.5, 0.6) is 0 Å². The molecule has 7 heteroatoms. The zero-order valence-corrected chi connectivity index (χ0v) is 11.9. The molecule has 2 heterocycles. The van der Waals surface area contributed by atoms with Crippen molar-refractivity contribution >= 4 is 34.5 Å². The van der Waals surface area contributed by atoms with Gasteiger partial charge in [-0.3, -0.25) is 15.0 Å². The summed E-state index contributed by atoms with van der Waals surface area (Å²) < 4.78 is 6.07. The van der Waals surface area contributed by atoms with E-state index in [0.29, 0.717) is 21.7 Å². The van der Waals surface area contributed by atoms with Crippen LogP contribution in [-0.4, -0.2) is 15.6 Å². The molecule has 1 N–H and O–H groups in total. The molecule has 0 unspecified atom stereocenters. The lowest BCUT2D eigenvalue weighted by Crippen LogP contribution is -2.32. The average molecular weight is 316 g/mol. The van der Waals surface area contributed by atoms with Crippen molar-refractivity contribution in [3.63, 3.8) is 0 Å². The third-order valence-corrected chi connectivity index (χ3v) is 3.13. The highest BCUT2D eigenvalue weighted by Gasteiger charge is 2.06. The van der Waals surface area contributed by atoms with Crippen LogP contribution >= 0.6 is 11.6 Å². The Balaban J connectivity index is 1.86. The fourth-order valence-corrected chi connectivity index (χ4v) is 2.05. The molecule has 6 nitrogen and oxygen atoms in total. The van der Waals surface area contributed by atoms with Crippen molar-refractivity contribution < 1.29 is 9.21 Å². The minimum Gasteiger partial charge on any atom is -0.465 e. The van der Waals surface area contributed by atoms with E-state index in [1.165, 1.54) is 30.8 Å². The smallest absolute Gasteiger partial charge is 0.280 e. The molecule has 0 aliphatic heterocycles. The van der Waals surface area contributed by atoms with E-state index >= 15 is 0 Å². The Bertz CT molecular complexity index is 913. The lowest BCUT2D eigenvalue weighted by atomic mass is 10.2. The summed E-state index contributed by atoms with van der Waals surface area (Å²) in [5.41, 5.74) is 2.51. The van der Waals surface area contributed by atoms with Crippen LogP contribution in [0.4, 0.5) is 0 Å². The van der Waals surface area contributed by atoms with Crippen molar-refractivity contribution in [1.29, 1.82) is 0 Å². The number of aromatic nitrogens is 2. The molecule has 2 aromatic heterocycles. The van der Waals surface area contributed by atoms with Crippen molar-refractivity contribution in [1.82, 2.24) is 9.66 Å². The van der Waals surface area contributed by atoms with E-state index in [0.717, 1.165) is 4.68 Å². The molecular weight excluding hydrogens is 306 g/mol. The van der Waals surface area contributed by atoms with E-state index in [1.807, 2.05) is 0 Å². The van der Waals surface area contributed by atoms with Crippen LogP contribution < -0.4 is 11.0 Å². The molecule has 3 rings (SSSR count). The number of fused-ring (bicyclic) bond motifs is 1. The van der Waals surface area contributed by atoms with Gasteiger partial charge >= 0.3 is 0 Å². The van der Waals surface area contributed by atoms with E-state index < -0.39 is 11.5 Å². The van der Waals surface area contributed by atoms with Gasteiger partial charge < -0.3 is 4.42 Å². The van der Waals surface area contributed by atoms with Crippen LogP contribution in [0, 0.1) is 0 Å². The average Bonchev–Trinajstić information content (AvgIpc) is 3.02. The van der Waals surface area contributed by atoms with Crippen LogP contribution in [0.1, 0.15) is 5.76 Å². The van der Waals surface area contributed by atoms with E-state index in [4.69, 9.17) is 16.0 Å². The van der Waals surface area contributed by atoms with Crippen molar-refractivity contribution in [2.75, 3.05) is 5.43 Å². The van der Waals surface area contributed by atoms with E-state index in [-0.39, 0.29) is 0 Å². The number of halogens is 1. The summed E-state index contributed by atoms with van der Waals surface area (Å²) in [7, 11) is 0. The molecule has 0 spiro atoms. The Morgan fingerprint density at radius 1 is 1.36 bits per heavy atom. The summed E-state index contributed by atoms with van der Waals surface area (Å²) in [5, 5.41) is 0.749. The number of hydrogen-bond donors (Lipinski definition) is 1. The highest BCUT2D eigenvalue weighted by Crippen LogP contribution is 2.13. The largest absolute Gasteiger partial charge is 0.465 e. The lowest BCUT2D eigenvalue weighted by Gasteiger charge is -2.06. The molecule has 3 aromatic rings. The predicted molar refractivity (Wildman–Crippen MR) is 83.1 cm³/mol. The van der Waals surface area contributed by atoms with Crippen LogP contribution in [0.3, 0.4) is 0 Å². The molecule has 0 radical (unpaired) electrons. The van der Waals surface area contributed by atoms with Crippen LogP contribution in [0.25, 0.3) is 17.0 Å². The van der Waals surface area contributed by atoms with Gasteiger partial charge in [-0.2, -0.15) is 0 Å². The Morgan fingerprint density at radius 2 is 2.23 bits per heavy atom. The maximum atomic E-state index is 12.3. The van der Waals surface area contributed by atoms with Crippen molar-refractivity contribution in [3.05, 3.63) is 70.1 Å². The minimum atomic E-state index is -0.485. The molecule has 0 fully saturated rings. The second-order valence-electron chi connectivity index (χ2n) is 4.41. The predicted octanol–water partition coefficient (Wildman–Crippen LogP) is 2.43. The van der Waals surface area contributed by atoms with Crippen molar-refractivity contribution in [3.8, 4) is 0 Å². The van der Waals surface area contributed by atoms with Gasteiger partial charge in [-0.05, 0) is 36.4 Å². The molecule has 0 aliphatic carbocycles. The number of rotatable bonds is 3. The molecule has 0 saturated heterocycles. The number of nitrogens with one attached hydrogen (secondary N) is 1. The zero-order chi connectivity index (χ0) is 15.5. The molecule has 1 amide bonds. The SMILES string of the molecule is O=C(/C=C/c1ccco1)Nn1cnc2ccc(Cl)cc2c1=O. The first-order valence-electron chi connectivity index (χ1n) is 6.33. The maximum Gasteiger partial charge on any atom is 0.280 e. The fraction of sp³-hybridized carbons (Fsp3) is 0. The number of furan rings is 1. The second-order valence-corrected chi connectivity index (χ2v) is 4.84. The van der Waals surface area contributed by atoms with Crippen LogP contribution in [0.15, 0.2) is 58.2 Å². The van der Waals surface area contributed by atoms with Gasteiger partial charge in [0.25, 0.3) is 11.5 Å². The van der Waals surface area contributed by atoms with E-state index in [1.54, 1.807) is 24.3 Å². The molecule has 0 aliphatic rings. The van der Waals surface area contributed by atoms with Gasteiger partial charge in [0.2, 0.25) is 0 Å². The Hall–Kier alpha value is -2.86. The van der Waals surface area contributed by atoms with Gasteiger partial charge in [-0.1, -0.05) is 11.6 Å². The van der Waals surface area contributed by atoms with Crippen molar-refractivity contribution in [2.24, 2.45) is 0 Å². The normalized spacial score (nSPS) is 11.1. The Kier molecular flexibility index (Phi) is 3.76. The summed E-state index contributed by atoms with van der Waals surface area (Å²) >= 11 is 5.87. The standard InChI is InChI=1S/C15H10ClN3O3/c16-10-3-5-13-12(8-10)15(21)19(9-17-13)18-14(20)6-4-11-2-1-7-22-11/h1-9H,(H,18,20)/b6-4+. The molecule has 1 aromatic carbocycles. The first-order valence-corrected chi connectivity index (χ1v) is 6.71. The third kappa shape index (κ3) is 2.91. The number of benzene rings is 1. The molecule has 0 bridgehead atoms. The fourth-order valence-electron chi connectivity index (χ4n) is 1.87. The van der Waals surface area contributed by atoms with E-state index in [9.17, 15) is 9.59 Å². The highest BCUT2D eigenvalue weighted by molar-refractivity contribution is 6.31. The summed E-state index contributed by atoms with van der Waals surface area (Å²) in [6, 6.07) is 8.20. The lowest BCUT2D eigenvalue weighted by molar-refractivity contribution is -0.112. The van der Waals surface area contributed by atoms with Gasteiger partial charge in [0, 0.05) is 11.1 Å². The third-order valence-electron chi connectivity index (χ3n) is 2.89. The first kappa shape index (κ1) is 14.1. The molecule has 22 heavy (non-hydrogen) atoms. The van der Waals surface area contributed by atoms with Crippen LogP contribution in [-0.2, 0) is 4.79 Å². The minimum absolute atomic E-state index is 0.324. The zero-order valence-electron chi connectivity index (χ0n) is 11.2. The number of nitrogens with zero attached hydrogens (tertiary/aromatic N) is 2. The highest BCUT2D eigenvalue weighted by atomic mass is 35.5. The quantitative estimate of drug-likeness (QED) is 0.753. The van der Waals surface area contributed by atoms with Crippen molar-refractivity contribution in [2.45, 2.75) is 0 Å². The molecule has 110 valence electrons. The topological polar surface area (TPSA) is 77.1 Å². The summed E-state index contributed by atoms with van der Waals surface area (Å²) in [6.07, 6.45) is 5.50. The van der Waals surface area contributed by atoms with Crippen LogP contribution in [0.2, 0.25) is 5.02 Å². The number of amides is 1. The molecule has 0 atom stereocenters. The van der Waals surface area contributed by atoms with Gasteiger partial charge in [0.1, 0.15) is 12.1 Å². The van der Waals surface area contributed by atoms with E-state index in [2.05, 4.69) is 10.4 Å². The number of carbonyl (C=O) groups is 1. The monoisotopic (exact) mass is 315 g/mol. The van der Waals surface area contributed by atoms with Gasteiger partial charge in [-0.25, -0.2) is 9.66 Å². The van der Waals surface area contributed by atoms with Gasteiger partial charge in [-0.15, -0.1) is 0 Å². The Labute approximate surface area is 129 Å². The molecule has 0 saturated carbocycles. The summed E-state index contributed by atoms with van der Waals surface area (Å²) in [5.74, 6) is 0.0487. The first-order chi connectivity index (χ1) is 10.6. The second kappa shape index (κ2) is 5.87. The van der Waals surface area contributed by atoms with Gasteiger partial charge in [0.05, 0.1) is 17.2 Å². The number of hydrogen-bond acceptors (Lipinski definition) is 4. The Morgan fingerprint density at radius 3 is 3.00 bits per heavy atom. The molecular formula is C15H10ClN3O3. The summed E-state index contributed by atoms with van der Waals surface area (Å²) in [4.78, 5) is 28.2. The number of carbonyl (C=O) groups excluding carboxylic acids is 1. The summed E-state index contributed by atoms with van der Waals surface area (Å²) in [6.45, 7) is 0. The maximum absolute atomic E-state index is 12.3.